The van der Waals surface area contributed by atoms with Gasteiger partial charge in [0.15, 0.2) is 0 Å². The highest BCUT2D eigenvalue weighted by atomic mass is 14.9. The zero-order valence-corrected chi connectivity index (χ0v) is 26.8. The van der Waals surface area contributed by atoms with Gasteiger partial charge in [0.25, 0.3) is 0 Å². The smallest absolute Gasteiger partial charge is 0.0559 e. The van der Waals surface area contributed by atoms with Crippen LogP contribution in [0.1, 0.15) is 27.8 Å². The molecule has 1 heterocycles. The van der Waals surface area contributed by atoms with Crippen LogP contribution in [0.3, 0.4) is 0 Å². The monoisotopic (exact) mass is 624 g/mol. The van der Waals surface area contributed by atoms with Crippen LogP contribution in [0.4, 0.5) is 0 Å². The van der Waals surface area contributed by atoms with Crippen molar-refractivity contribution in [3.05, 3.63) is 204 Å². The highest BCUT2D eigenvalue weighted by molar-refractivity contribution is 6.26. The van der Waals surface area contributed by atoms with E-state index in [1.807, 2.05) is 18.2 Å². The second kappa shape index (κ2) is 11.9. The minimum absolute atomic E-state index is 0.854. The molecule has 9 rings (SSSR count). The molecule has 49 heavy (non-hydrogen) atoms. The largest absolute Gasteiger partial charge is 0.353 e. The molecule has 0 spiro atoms. The maximum atomic E-state index is 8.46. The summed E-state index contributed by atoms with van der Waals surface area (Å²) in [7, 11) is 0. The summed E-state index contributed by atoms with van der Waals surface area (Å²) in [5, 5.41) is 20.0. The van der Waals surface area contributed by atoms with Gasteiger partial charge in [-0.3, -0.25) is 0 Å². The van der Waals surface area contributed by atoms with Gasteiger partial charge < -0.3 is 10.7 Å². The fraction of sp³-hybridized carbons (Fsp3) is 0. The van der Waals surface area contributed by atoms with Crippen LogP contribution >= 0.6 is 0 Å². The highest BCUT2D eigenvalue weighted by Gasteiger charge is 2.26. The third-order valence-electron chi connectivity index (χ3n) is 9.78. The third-order valence-corrected chi connectivity index (χ3v) is 9.78. The summed E-state index contributed by atoms with van der Waals surface area (Å²) in [5.74, 6) is 0. The van der Waals surface area contributed by atoms with E-state index in [0.29, 0.717) is 0 Å². The molecule has 0 amide bonds. The van der Waals surface area contributed by atoms with Gasteiger partial charge in [-0.05, 0) is 71.8 Å². The Kier molecular flexibility index (Phi) is 6.99. The Morgan fingerprint density at radius 2 is 0.898 bits per heavy atom. The summed E-state index contributed by atoms with van der Waals surface area (Å²) in [6.07, 6.45) is 1.46. The number of allylic oxidation sites excluding steroid dienone is 1. The molecule has 2 N–H and O–H groups in total. The molecular formula is C47H32N2. The van der Waals surface area contributed by atoms with E-state index in [2.05, 4.69) is 163 Å². The number of fused-ring (bicyclic) bond motifs is 7. The summed E-state index contributed by atoms with van der Waals surface area (Å²) in [6, 6.07) is 62.6. The lowest BCUT2D eigenvalue weighted by Crippen LogP contribution is -2.21. The van der Waals surface area contributed by atoms with Crippen molar-refractivity contribution in [2.45, 2.75) is 0 Å². The van der Waals surface area contributed by atoms with Crippen molar-refractivity contribution in [1.82, 2.24) is 5.32 Å². The first-order valence-corrected chi connectivity index (χ1v) is 16.7. The Hall–Kier alpha value is -6.51. The van der Waals surface area contributed by atoms with Gasteiger partial charge in [-0.25, -0.2) is 0 Å². The molecule has 0 fully saturated rings. The Balaban J connectivity index is 1.21. The van der Waals surface area contributed by atoms with Crippen LogP contribution in [0.5, 0.6) is 0 Å². The third kappa shape index (κ3) is 4.85. The molecule has 0 atom stereocenters. The lowest BCUT2D eigenvalue weighted by Gasteiger charge is -2.29. The zero-order valence-electron chi connectivity index (χ0n) is 26.8. The van der Waals surface area contributed by atoms with E-state index >= 15 is 0 Å². The first kappa shape index (κ1) is 28.7. The van der Waals surface area contributed by atoms with Crippen LogP contribution in [0.15, 0.2) is 176 Å². The van der Waals surface area contributed by atoms with Gasteiger partial charge >= 0.3 is 0 Å². The van der Waals surface area contributed by atoms with Crippen molar-refractivity contribution >= 4 is 61.1 Å². The molecule has 8 aromatic carbocycles. The van der Waals surface area contributed by atoms with E-state index in [1.165, 1.54) is 49.7 Å². The van der Waals surface area contributed by atoms with E-state index < -0.39 is 0 Å². The number of hydrogen-bond acceptors (Lipinski definition) is 2. The first-order valence-electron chi connectivity index (χ1n) is 16.7. The Labute approximate surface area is 285 Å². The summed E-state index contributed by atoms with van der Waals surface area (Å²) in [4.78, 5) is 0. The average Bonchev–Trinajstić information content (AvgIpc) is 3.19. The van der Waals surface area contributed by atoms with Crippen LogP contribution in [-0.2, 0) is 0 Å². The van der Waals surface area contributed by atoms with Gasteiger partial charge in [-0.2, -0.15) is 0 Å². The summed E-state index contributed by atoms with van der Waals surface area (Å²) in [6.45, 7) is 0. The van der Waals surface area contributed by atoms with Crippen LogP contribution < -0.4 is 5.32 Å². The molecule has 1 aliphatic rings. The molecule has 0 saturated carbocycles. The molecule has 0 aliphatic carbocycles. The quantitative estimate of drug-likeness (QED) is 0.145. The van der Waals surface area contributed by atoms with Crippen LogP contribution in [0.25, 0.3) is 66.0 Å². The molecule has 0 unspecified atom stereocenters. The fourth-order valence-electron chi connectivity index (χ4n) is 7.48. The predicted octanol–water partition coefficient (Wildman–Crippen LogP) is 11.9. The molecule has 0 bridgehead atoms. The van der Waals surface area contributed by atoms with E-state index in [4.69, 9.17) is 5.41 Å². The van der Waals surface area contributed by atoms with Crippen LogP contribution in [0.2, 0.25) is 0 Å². The number of benzene rings is 8. The minimum Gasteiger partial charge on any atom is -0.353 e. The van der Waals surface area contributed by atoms with Gasteiger partial charge in [0, 0.05) is 22.9 Å². The van der Waals surface area contributed by atoms with Crippen molar-refractivity contribution in [2.24, 2.45) is 0 Å². The van der Waals surface area contributed by atoms with Crippen molar-refractivity contribution in [1.29, 1.82) is 5.41 Å². The maximum Gasteiger partial charge on any atom is 0.0559 e. The van der Waals surface area contributed by atoms with E-state index in [-0.39, 0.29) is 0 Å². The molecule has 0 saturated heterocycles. The van der Waals surface area contributed by atoms with E-state index in [9.17, 15) is 0 Å². The lowest BCUT2D eigenvalue weighted by molar-refractivity contribution is 1.20. The van der Waals surface area contributed by atoms with Crippen molar-refractivity contribution < 1.29 is 0 Å². The number of nitrogens with one attached hydrogen (secondary N) is 2. The molecule has 2 nitrogen and oxygen atoms in total. The molecule has 0 aromatic heterocycles. The maximum absolute atomic E-state index is 8.46. The predicted molar refractivity (Wildman–Crippen MR) is 208 cm³/mol. The first-order chi connectivity index (χ1) is 24.3. The number of rotatable bonds is 5. The van der Waals surface area contributed by atoms with Crippen molar-refractivity contribution in [3.63, 3.8) is 0 Å². The van der Waals surface area contributed by atoms with Crippen LogP contribution in [-0.4, -0.2) is 6.21 Å². The van der Waals surface area contributed by atoms with Gasteiger partial charge in [-0.1, -0.05) is 170 Å². The standard InChI is InChI=1S/C47H32N2/c48-30-44(32-13-3-1-4-14-32)47-42-22-12-11-21-41(42)45(46(49-47)34-15-5-2-6-16-34)33-25-23-31(24-26-33)35-27-28-40-38-19-8-7-17-36(38)37-18-9-10-20-39(37)43(40)29-35/h1-30,48-49H/b47-44+,48-30?. The Bertz CT molecular complexity index is 2580. The van der Waals surface area contributed by atoms with Gasteiger partial charge in [-0.15, -0.1) is 0 Å². The van der Waals surface area contributed by atoms with Gasteiger partial charge in [0.05, 0.1) is 11.4 Å². The molecule has 0 radical (unpaired) electrons. The SMILES string of the molecule is N=C/C(=C1\NC(c2ccccc2)=C(c2ccc(-c3ccc4c5ccccc5c5ccccc5c4c3)cc2)c2ccccc21)c1ccccc1. The lowest BCUT2D eigenvalue weighted by atomic mass is 9.84. The van der Waals surface area contributed by atoms with E-state index in [1.54, 1.807) is 0 Å². The molecular weight excluding hydrogens is 593 g/mol. The second-order valence-corrected chi connectivity index (χ2v) is 12.5. The Morgan fingerprint density at radius 1 is 0.408 bits per heavy atom. The molecule has 230 valence electrons. The average molecular weight is 625 g/mol. The highest BCUT2D eigenvalue weighted by Crippen LogP contribution is 2.43. The van der Waals surface area contributed by atoms with Crippen molar-refractivity contribution in [2.75, 3.05) is 0 Å². The van der Waals surface area contributed by atoms with Crippen LogP contribution in [0, 0.1) is 5.41 Å². The van der Waals surface area contributed by atoms with E-state index in [0.717, 1.165) is 50.4 Å². The summed E-state index contributed by atoms with van der Waals surface area (Å²) >= 11 is 0. The van der Waals surface area contributed by atoms with Crippen molar-refractivity contribution in [3.8, 4) is 11.1 Å². The summed E-state index contributed by atoms with van der Waals surface area (Å²) < 4.78 is 0. The molecule has 1 aliphatic heterocycles. The number of hydrogen-bond donors (Lipinski definition) is 2. The fourth-order valence-corrected chi connectivity index (χ4v) is 7.48. The van der Waals surface area contributed by atoms with Gasteiger partial charge in [0.1, 0.15) is 0 Å². The summed E-state index contributed by atoms with van der Waals surface area (Å²) in [5.41, 5.74) is 11.8. The normalized spacial score (nSPS) is 13.7. The Morgan fingerprint density at radius 3 is 1.53 bits per heavy atom. The minimum atomic E-state index is 0.854. The topological polar surface area (TPSA) is 35.9 Å². The molecule has 2 heteroatoms. The van der Waals surface area contributed by atoms with Gasteiger partial charge in [0.2, 0.25) is 0 Å². The molecule has 8 aromatic rings. The second-order valence-electron chi connectivity index (χ2n) is 12.5. The zero-order chi connectivity index (χ0) is 32.7.